The number of benzene rings is 1. The topological polar surface area (TPSA) is 78.4 Å². The van der Waals surface area contributed by atoms with Gasteiger partial charge in [0.15, 0.2) is 11.5 Å². The lowest BCUT2D eigenvalue weighted by molar-refractivity contribution is -0.141. The average molecular weight is 307 g/mol. The van der Waals surface area contributed by atoms with Gasteiger partial charge in [0.25, 0.3) is 0 Å². The number of fused-ring (bicyclic) bond motifs is 1. The van der Waals surface area contributed by atoms with Crippen molar-refractivity contribution >= 4 is 18.0 Å². The molecular formula is C15H19N2O5. The molecule has 1 aliphatic heterocycles. The van der Waals surface area contributed by atoms with Gasteiger partial charge in [-0.25, -0.2) is 0 Å². The van der Waals surface area contributed by atoms with Gasteiger partial charge in [-0.3, -0.25) is 9.79 Å². The van der Waals surface area contributed by atoms with Crippen molar-refractivity contribution in [3.8, 4) is 11.5 Å². The molecule has 1 radical (unpaired) electrons. The van der Waals surface area contributed by atoms with Crippen LogP contribution in [0.2, 0.25) is 0 Å². The highest BCUT2D eigenvalue weighted by atomic mass is 16.6. The molecule has 119 valence electrons. The van der Waals surface area contributed by atoms with Crippen LogP contribution < -0.4 is 14.8 Å². The van der Waals surface area contributed by atoms with Crippen LogP contribution in [0.15, 0.2) is 17.1 Å². The number of anilines is 1. The molecule has 0 saturated heterocycles. The summed E-state index contributed by atoms with van der Waals surface area (Å²) < 4.78 is 21.1. The molecule has 2 rings (SSSR count). The Kier molecular flexibility index (Phi) is 6.02. The third kappa shape index (κ3) is 4.63. The zero-order chi connectivity index (χ0) is 15.8. The van der Waals surface area contributed by atoms with Crippen molar-refractivity contribution in [1.29, 1.82) is 0 Å². The minimum Gasteiger partial charge on any atom is -0.487 e. The fourth-order valence-electron chi connectivity index (χ4n) is 1.83. The highest BCUT2D eigenvalue weighted by molar-refractivity contribution is 5.83. The van der Waals surface area contributed by atoms with E-state index >= 15 is 0 Å². The van der Waals surface area contributed by atoms with E-state index in [-0.39, 0.29) is 19.2 Å². The van der Waals surface area contributed by atoms with Gasteiger partial charge in [0.1, 0.15) is 26.4 Å². The molecule has 1 aromatic carbocycles. The Labute approximate surface area is 129 Å². The zero-order valence-corrected chi connectivity index (χ0v) is 12.6. The molecule has 1 aromatic rings. The molecule has 7 heteroatoms. The van der Waals surface area contributed by atoms with Gasteiger partial charge in [0.2, 0.25) is 0 Å². The Hall–Kier alpha value is -2.28. The largest absolute Gasteiger partial charge is 0.487 e. The number of hydrogen-bond donors (Lipinski definition) is 1. The summed E-state index contributed by atoms with van der Waals surface area (Å²) in [6.45, 7) is 4.40. The molecule has 0 saturated carbocycles. The monoisotopic (exact) mass is 307 g/mol. The first-order valence-electron chi connectivity index (χ1n) is 6.88. The lowest BCUT2D eigenvalue weighted by Crippen LogP contribution is -2.12. The maximum Gasteiger partial charge on any atom is 0.302 e. The Morgan fingerprint density at radius 2 is 1.86 bits per heavy atom. The summed E-state index contributed by atoms with van der Waals surface area (Å²) in [5, 5.41) is 3.04. The fraction of sp³-hybridized carbons (Fsp3) is 0.400. The summed E-state index contributed by atoms with van der Waals surface area (Å²) >= 11 is 0. The van der Waals surface area contributed by atoms with E-state index in [1.165, 1.54) is 6.92 Å². The van der Waals surface area contributed by atoms with Crippen LogP contribution in [0.3, 0.4) is 0 Å². The van der Waals surface area contributed by atoms with Gasteiger partial charge in [-0.15, -0.1) is 0 Å². The smallest absolute Gasteiger partial charge is 0.302 e. The first-order chi connectivity index (χ1) is 10.7. The highest BCUT2D eigenvalue weighted by Crippen LogP contribution is 2.35. The predicted molar refractivity (Wildman–Crippen MR) is 81.5 cm³/mol. The van der Waals surface area contributed by atoms with Gasteiger partial charge in [-0.2, -0.15) is 0 Å². The zero-order valence-electron chi connectivity index (χ0n) is 12.6. The van der Waals surface area contributed by atoms with Crippen LogP contribution in [-0.2, 0) is 14.3 Å². The van der Waals surface area contributed by atoms with E-state index in [2.05, 4.69) is 10.3 Å². The minimum atomic E-state index is -0.336. The van der Waals surface area contributed by atoms with Crippen molar-refractivity contribution in [2.75, 3.05) is 38.9 Å². The fourth-order valence-corrected chi connectivity index (χ4v) is 1.83. The van der Waals surface area contributed by atoms with Crippen LogP contribution in [0.5, 0.6) is 11.5 Å². The molecule has 0 fully saturated rings. The summed E-state index contributed by atoms with van der Waals surface area (Å²) in [4.78, 5) is 14.8. The SMILES string of the molecule is COCCOc1cc2c(cc1OCCOC(C)=O)[CH]N=CN2. The maximum absolute atomic E-state index is 10.7. The Morgan fingerprint density at radius 3 is 2.59 bits per heavy atom. The highest BCUT2D eigenvalue weighted by Gasteiger charge is 2.14. The number of methoxy groups -OCH3 is 1. The number of carbonyl (C=O) groups excluding carboxylic acids is 1. The lowest BCUT2D eigenvalue weighted by atomic mass is 10.1. The summed E-state index contributed by atoms with van der Waals surface area (Å²) in [5.41, 5.74) is 1.78. The van der Waals surface area contributed by atoms with Crippen molar-refractivity contribution in [3.63, 3.8) is 0 Å². The minimum absolute atomic E-state index is 0.185. The molecule has 0 unspecified atom stereocenters. The molecule has 1 N–H and O–H groups in total. The summed E-state index contributed by atoms with van der Waals surface area (Å²) in [6, 6.07) is 3.67. The van der Waals surface area contributed by atoms with Crippen LogP contribution in [-0.4, -0.2) is 45.8 Å². The van der Waals surface area contributed by atoms with Gasteiger partial charge in [0.05, 0.1) is 12.9 Å². The second-order valence-corrected chi connectivity index (χ2v) is 4.47. The predicted octanol–water partition coefficient (Wildman–Crippen LogP) is 1.62. The number of esters is 1. The number of carbonyl (C=O) groups is 1. The van der Waals surface area contributed by atoms with E-state index in [4.69, 9.17) is 18.9 Å². The number of aliphatic imine (C=N–C) groups is 1. The number of hydrogen-bond acceptors (Lipinski definition) is 7. The number of rotatable bonds is 8. The van der Waals surface area contributed by atoms with E-state index in [1.54, 1.807) is 20.0 Å². The number of nitrogens with one attached hydrogen (secondary N) is 1. The molecule has 0 aliphatic carbocycles. The summed E-state index contributed by atoms with van der Waals surface area (Å²) in [5.74, 6) is 0.824. The van der Waals surface area contributed by atoms with Crippen molar-refractivity contribution in [2.24, 2.45) is 4.99 Å². The third-order valence-corrected chi connectivity index (χ3v) is 2.82. The molecule has 0 atom stereocenters. The molecule has 0 amide bonds. The second kappa shape index (κ2) is 8.23. The third-order valence-electron chi connectivity index (χ3n) is 2.82. The first kappa shape index (κ1) is 16.1. The normalized spacial score (nSPS) is 12.3. The van der Waals surface area contributed by atoms with E-state index in [0.29, 0.717) is 24.7 Å². The molecule has 0 aromatic heterocycles. The van der Waals surface area contributed by atoms with E-state index < -0.39 is 0 Å². The molecular weight excluding hydrogens is 288 g/mol. The van der Waals surface area contributed by atoms with Gasteiger partial charge >= 0.3 is 5.97 Å². The van der Waals surface area contributed by atoms with Crippen molar-refractivity contribution in [3.05, 3.63) is 24.2 Å². The van der Waals surface area contributed by atoms with Gasteiger partial charge in [0, 0.05) is 31.4 Å². The quantitative estimate of drug-likeness (QED) is 0.581. The van der Waals surface area contributed by atoms with Gasteiger partial charge in [-0.05, 0) is 6.07 Å². The standard InChI is InChI=1S/C15H19N2O5/c1-11(18)20-5-6-22-14-7-12-9-16-10-17-13(12)8-15(14)21-4-3-19-2/h7-10H,3-6H2,1-2H3,(H,16,17). The maximum atomic E-state index is 10.7. The van der Waals surface area contributed by atoms with Crippen LogP contribution in [0.4, 0.5) is 5.69 Å². The molecule has 22 heavy (non-hydrogen) atoms. The lowest BCUT2D eigenvalue weighted by Gasteiger charge is -2.18. The Bertz CT molecular complexity index is 545. The van der Waals surface area contributed by atoms with Crippen molar-refractivity contribution in [2.45, 2.75) is 6.92 Å². The van der Waals surface area contributed by atoms with Crippen LogP contribution in [0.25, 0.3) is 0 Å². The Balaban J connectivity index is 2.05. The first-order valence-corrected chi connectivity index (χ1v) is 6.88. The molecule has 0 spiro atoms. The van der Waals surface area contributed by atoms with E-state index in [1.807, 2.05) is 12.1 Å². The van der Waals surface area contributed by atoms with Crippen molar-refractivity contribution in [1.82, 2.24) is 0 Å². The van der Waals surface area contributed by atoms with Crippen LogP contribution in [0, 0.1) is 6.54 Å². The second-order valence-electron chi connectivity index (χ2n) is 4.47. The average Bonchev–Trinajstić information content (AvgIpc) is 2.51. The number of nitrogens with zero attached hydrogens (tertiary/aromatic N) is 1. The van der Waals surface area contributed by atoms with Gasteiger partial charge in [-0.1, -0.05) is 0 Å². The summed E-state index contributed by atoms with van der Waals surface area (Å²) in [7, 11) is 1.61. The van der Waals surface area contributed by atoms with Gasteiger partial charge < -0.3 is 24.3 Å². The van der Waals surface area contributed by atoms with Crippen LogP contribution in [0.1, 0.15) is 12.5 Å². The van der Waals surface area contributed by atoms with Crippen LogP contribution >= 0.6 is 0 Å². The molecule has 1 aliphatic rings. The summed E-state index contributed by atoms with van der Waals surface area (Å²) in [6.07, 6.45) is 1.60. The molecule has 7 nitrogen and oxygen atoms in total. The van der Waals surface area contributed by atoms with E-state index in [9.17, 15) is 4.79 Å². The van der Waals surface area contributed by atoms with Crippen molar-refractivity contribution < 1.29 is 23.7 Å². The Morgan fingerprint density at radius 1 is 1.14 bits per heavy atom. The molecule has 1 heterocycles. The van der Waals surface area contributed by atoms with E-state index in [0.717, 1.165) is 11.3 Å². The molecule has 0 bridgehead atoms. The number of ether oxygens (including phenoxy) is 4.